The van der Waals surface area contributed by atoms with Crippen molar-refractivity contribution in [2.24, 2.45) is 0 Å². The molecule has 0 unspecified atom stereocenters. The zero-order chi connectivity index (χ0) is 27.5. The Morgan fingerprint density at radius 3 is 1.97 bits per heavy atom. The Bertz CT molecular complexity index is 1860. The lowest BCUT2D eigenvalue weighted by Crippen LogP contribution is -2.18. The Balaban J connectivity index is 1.61. The molecule has 0 saturated heterocycles. The van der Waals surface area contributed by atoms with Crippen LogP contribution in [0, 0.1) is 6.92 Å². The number of nitrogens with zero attached hydrogens (tertiary/aromatic N) is 2. The van der Waals surface area contributed by atoms with Crippen LogP contribution in [0.2, 0.25) is 0 Å². The number of benzene rings is 4. The maximum absolute atomic E-state index is 14.0. The van der Waals surface area contributed by atoms with Gasteiger partial charge in [0, 0.05) is 15.5 Å². The lowest BCUT2D eigenvalue weighted by Gasteiger charge is -2.21. The molecule has 39 heavy (non-hydrogen) atoms. The highest BCUT2D eigenvalue weighted by Gasteiger charge is 2.46. The van der Waals surface area contributed by atoms with Gasteiger partial charge in [0.1, 0.15) is 17.0 Å². The van der Waals surface area contributed by atoms with E-state index in [0.717, 1.165) is 31.8 Å². The summed E-state index contributed by atoms with van der Waals surface area (Å²) in [5, 5.41) is 11.8. The minimum atomic E-state index is -5.33. The van der Waals surface area contributed by atoms with E-state index in [1.807, 2.05) is 54.6 Å². The zero-order valence-corrected chi connectivity index (χ0v) is 20.8. The molecule has 0 atom stereocenters. The molecule has 0 saturated carbocycles. The van der Waals surface area contributed by atoms with Crippen molar-refractivity contribution in [3.05, 3.63) is 95.6 Å². The first-order valence-electron chi connectivity index (χ1n) is 11.6. The highest BCUT2D eigenvalue weighted by atomic mass is 32.1. The smallest absolute Gasteiger partial charge is 0.420 e. The lowest BCUT2D eigenvalue weighted by molar-refractivity contribution is -0.162. The zero-order valence-electron chi connectivity index (χ0n) is 20.0. The van der Waals surface area contributed by atoms with E-state index in [-0.39, 0.29) is 11.4 Å². The number of alkyl halides is 6. The van der Waals surface area contributed by atoms with E-state index in [2.05, 4.69) is 10.2 Å². The van der Waals surface area contributed by atoms with E-state index >= 15 is 0 Å². The van der Waals surface area contributed by atoms with Crippen LogP contribution >= 0.6 is 11.3 Å². The van der Waals surface area contributed by atoms with Crippen LogP contribution in [-0.2, 0) is 12.4 Å². The summed E-state index contributed by atoms with van der Waals surface area (Å²) < 4.78 is 89.5. The molecule has 4 aromatic carbocycles. The van der Waals surface area contributed by atoms with Gasteiger partial charge in [-0.2, -0.15) is 26.3 Å². The van der Waals surface area contributed by atoms with Gasteiger partial charge in [-0.25, -0.2) is 0 Å². The standard InChI is InChI=1S/C29H16F6N2OS/c1-15-10-11-21(28(30,31)32)24(29(33,34)35)26(15)38-27-20-13-17-7-3-2-6-16(17)12-19(20)25(36-37-27)23-14-18-8-4-5-9-22(18)39-23/h2-14H,1H3. The van der Waals surface area contributed by atoms with Gasteiger partial charge in [0.15, 0.2) is 0 Å². The minimum Gasteiger partial charge on any atom is -0.436 e. The Kier molecular flexibility index (Phi) is 5.76. The van der Waals surface area contributed by atoms with Gasteiger partial charge in [0.05, 0.1) is 10.4 Å². The number of hydrogen-bond acceptors (Lipinski definition) is 4. The number of ether oxygens (including phenoxy) is 1. The van der Waals surface area contributed by atoms with Crippen molar-refractivity contribution < 1.29 is 31.1 Å². The van der Waals surface area contributed by atoms with E-state index in [0.29, 0.717) is 22.5 Å². The molecule has 10 heteroatoms. The summed E-state index contributed by atoms with van der Waals surface area (Å²) in [7, 11) is 0. The van der Waals surface area contributed by atoms with Gasteiger partial charge < -0.3 is 4.74 Å². The molecule has 0 aliphatic carbocycles. The molecule has 2 heterocycles. The molecule has 6 rings (SSSR count). The highest BCUT2D eigenvalue weighted by Crippen LogP contribution is 2.48. The van der Waals surface area contributed by atoms with Crippen LogP contribution in [0.5, 0.6) is 11.6 Å². The van der Waals surface area contributed by atoms with Gasteiger partial charge in [-0.15, -0.1) is 21.5 Å². The van der Waals surface area contributed by atoms with Crippen molar-refractivity contribution in [1.29, 1.82) is 0 Å². The third kappa shape index (κ3) is 4.44. The predicted octanol–water partition coefficient (Wildman–Crippen LogP) is 9.80. The van der Waals surface area contributed by atoms with E-state index in [1.54, 1.807) is 12.1 Å². The van der Waals surface area contributed by atoms with Crippen molar-refractivity contribution in [2.45, 2.75) is 19.3 Å². The van der Waals surface area contributed by atoms with Crippen molar-refractivity contribution in [1.82, 2.24) is 10.2 Å². The quantitative estimate of drug-likeness (QED) is 0.161. The summed E-state index contributed by atoms with van der Waals surface area (Å²) in [4.78, 5) is 0.779. The summed E-state index contributed by atoms with van der Waals surface area (Å²) in [5.41, 5.74) is -3.37. The normalized spacial score (nSPS) is 12.5. The first-order valence-corrected chi connectivity index (χ1v) is 12.5. The third-order valence-corrected chi connectivity index (χ3v) is 7.54. The number of aromatic nitrogens is 2. The maximum atomic E-state index is 14.0. The van der Waals surface area contributed by atoms with E-state index in [9.17, 15) is 26.3 Å². The fourth-order valence-electron chi connectivity index (χ4n) is 4.60. The van der Waals surface area contributed by atoms with E-state index in [1.165, 1.54) is 18.3 Å². The number of aryl methyl sites for hydroxylation is 1. The Labute approximate surface area is 221 Å². The molecule has 2 aromatic heterocycles. The first kappa shape index (κ1) is 25.1. The van der Waals surface area contributed by atoms with Crippen molar-refractivity contribution in [3.63, 3.8) is 0 Å². The number of thiophene rings is 1. The molecular formula is C29H16F6N2OS. The van der Waals surface area contributed by atoms with Crippen LogP contribution < -0.4 is 4.74 Å². The van der Waals surface area contributed by atoms with Crippen LogP contribution in [0.3, 0.4) is 0 Å². The molecule has 0 spiro atoms. The molecule has 0 aliphatic rings. The van der Waals surface area contributed by atoms with Crippen molar-refractivity contribution >= 4 is 43.0 Å². The predicted molar refractivity (Wildman–Crippen MR) is 139 cm³/mol. The number of rotatable bonds is 3. The second kappa shape index (κ2) is 8.94. The summed E-state index contributed by atoms with van der Waals surface area (Å²) in [6.07, 6.45) is -10.6. The second-order valence-electron chi connectivity index (χ2n) is 8.98. The molecule has 0 aliphatic heterocycles. The Morgan fingerprint density at radius 1 is 0.692 bits per heavy atom. The maximum Gasteiger partial charge on any atom is 0.420 e. The highest BCUT2D eigenvalue weighted by molar-refractivity contribution is 7.22. The molecule has 3 nitrogen and oxygen atoms in total. The average molecular weight is 555 g/mol. The second-order valence-corrected chi connectivity index (χ2v) is 10.1. The molecule has 0 amide bonds. The number of halogens is 6. The Morgan fingerprint density at radius 2 is 1.33 bits per heavy atom. The fourth-order valence-corrected chi connectivity index (χ4v) is 5.67. The topological polar surface area (TPSA) is 35.0 Å². The molecule has 0 fully saturated rings. The number of hydrogen-bond donors (Lipinski definition) is 0. The van der Waals surface area contributed by atoms with Crippen LogP contribution in [0.25, 0.3) is 42.2 Å². The fraction of sp³-hybridized carbons (Fsp3) is 0.103. The van der Waals surface area contributed by atoms with Gasteiger partial charge >= 0.3 is 12.4 Å². The number of fused-ring (bicyclic) bond motifs is 3. The monoisotopic (exact) mass is 554 g/mol. The molecule has 0 N–H and O–H groups in total. The van der Waals surface area contributed by atoms with Crippen LogP contribution in [-0.4, -0.2) is 10.2 Å². The van der Waals surface area contributed by atoms with Crippen LogP contribution in [0.4, 0.5) is 26.3 Å². The molecule has 0 bridgehead atoms. The van der Waals surface area contributed by atoms with Crippen molar-refractivity contribution in [2.75, 3.05) is 0 Å². The summed E-state index contributed by atoms with van der Waals surface area (Å²) in [6, 6.07) is 21.9. The van der Waals surface area contributed by atoms with Gasteiger partial charge in [0.25, 0.3) is 0 Å². The van der Waals surface area contributed by atoms with E-state index < -0.39 is 29.2 Å². The van der Waals surface area contributed by atoms with Gasteiger partial charge in [-0.3, -0.25) is 0 Å². The Hall–Kier alpha value is -4.18. The molecule has 6 aromatic rings. The lowest BCUT2D eigenvalue weighted by atomic mass is 10.0. The summed E-state index contributed by atoms with van der Waals surface area (Å²) in [5.74, 6) is -1.29. The van der Waals surface area contributed by atoms with Gasteiger partial charge in [-0.1, -0.05) is 48.5 Å². The average Bonchev–Trinajstić information content (AvgIpc) is 3.31. The SMILES string of the molecule is Cc1ccc(C(F)(F)F)c(C(F)(F)F)c1Oc1nnc(-c2cc3ccccc3s2)c2cc3ccccc3cc12. The van der Waals surface area contributed by atoms with Crippen molar-refractivity contribution in [3.8, 4) is 22.2 Å². The molecule has 0 radical (unpaired) electrons. The van der Waals surface area contributed by atoms with E-state index in [4.69, 9.17) is 4.74 Å². The minimum absolute atomic E-state index is 0.125. The van der Waals surface area contributed by atoms with Crippen LogP contribution in [0.15, 0.2) is 78.9 Å². The molecule has 196 valence electrons. The van der Waals surface area contributed by atoms with Gasteiger partial charge in [-0.05, 0) is 59.0 Å². The third-order valence-electron chi connectivity index (χ3n) is 6.41. The largest absolute Gasteiger partial charge is 0.436 e. The summed E-state index contributed by atoms with van der Waals surface area (Å²) >= 11 is 1.48. The first-order chi connectivity index (χ1) is 18.5. The van der Waals surface area contributed by atoms with Crippen LogP contribution in [0.1, 0.15) is 16.7 Å². The van der Waals surface area contributed by atoms with Gasteiger partial charge in [0.2, 0.25) is 5.88 Å². The molecular weight excluding hydrogens is 538 g/mol. The summed E-state index contributed by atoms with van der Waals surface area (Å²) in [6.45, 7) is 1.25.